The second-order valence-corrected chi connectivity index (χ2v) is 5.62. The summed E-state index contributed by atoms with van der Waals surface area (Å²) in [6.45, 7) is 6.07. The minimum atomic E-state index is 0.457. The highest BCUT2D eigenvalue weighted by atomic mass is 32.1. The summed E-state index contributed by atoms with van der Waals surface area (Å²) < 4.78 is 10.2. The van der Waals surface area contributed by atoms with Crippen LogP contribution >= 0.6 is 11.5 Å². The quantitative estimate of drug-likeness (QED) is 0.716. The molecule has 2 rings (SSSR count). The number of nitrogens with zero attached hydrogens (tertiary/aromatic N) is 2. The van der Waals surface area contributed by atoms with E-state index in [1.54, 1.807) is 0 Å². The molecule has 2 heterocycles. The van der Waals surface area contributed by atoms with E-state index in [-0.39, 0.29) is 0 Å². The van der Waals surface area contributed by atoms with E-state index in [2.05, 4.69) is 26.9 Å². The maximum atomic E-state index is 5.85. The highest BCUT2D eigenvalue weighted by molar-refractivity contribution is 7.09. The van der Waals surface area contributed by atoms with Crippen LogP contribution in [0.2, 0.25) is 0 Å². The summed E-state index contributed by atoms with van der Waals surface area (Å²) in [5.74, 6) is 0.959. The third-order valence-electron chi connectivity index (χ3n) is 3.18. The van der Waals surface area contributed by atoms with Gasteiger partial charge in [-0.25, -0.2) is 4.98 Å². The first-order valence-electron chi connectivity index (χ1n) is 7.27. The Bertz CT molecular complexity index is 352. The molecule has 19 heavy (non-hydrogen) atoms. The van der Waals surface area contributed by atoms with E-state index in [9.17, 15) is 0 Å². The minimum Gasteiger partial charge on any atom is -0.378 e. The molecular formula is C13H24N4OS. The number of ether oxygens (including phenoxy) is 1. The van der Waals surface area contributed by atoms with Gasteiger partial charge in [0.15, 0.2) is 0 Å². The zero-order valence-electron chi connectivity index (χ0n) is 11.7. The monoisotopic (exact) mass is 284 g/mol. The van der Waals surface area contributed by atoms with Gasteiger partial charge >= 0.3 is 0 Å². The van der Waals surface area contributed by atoms with Crippen LogP contribution in [-0.2, 0) is 11.2 Å². The van der Waals surface area contributed by atoms with Crippen molar-refractivity contribution in [2.75, 3.05) is 31.6 Å². The van der Waals surface area contributed by atoms with Gasteiger partial charge in [-0.3, -0.25) is 0 Å². The molecule has 0 saturated carbocycles. The van der Waals surface area contributed by atoms with Crippen molar-refractivity contribution in [3.63, 3.8) is 0 Å². The average Bonchev–Trinajstić information content (AvgIpc) is 2.88. The Morgan fingerprint density at radius 2 is 2.26 bits per heavy atom. The summed E-state index contributed by atoms with van der Waals surface area (Å²) in [5, 5.41) is 7.59. The van der Waals surface area contributed by atoms with E-state index in [1.807, 2.05) is 0 Å². The van der Waals surface area contributed by atoms with E-state index >= 15 is 0 Å². The largest absolute Gasteiger partial charge is 0.378 e. The van der Waals surface area contributed by atoms with Gasteiger partial charge < -0.3 is 15.4 Å². The molecule has 1 aromatic heterocycles. The fraction of sp³-hybridized carbons (Fsp3) is 0.846. The standard InChI is InChI=1S/C13H24N4OS/c1-2-4-12-16-13(19-17-12)15-7-3-10-18-11-5-8-14-9-6-11/h11,14H,2-10H2,1H3,(H,15,16,17). The zero-order valence-corrected chi connectivity index (χ0v) is 12.5. The van der Waals surface area contributed by atoms with E-state index < -0.39 is 0 Å². The molecule has 0 bridgehead atoms. The summed E-state index contributed by atoms with van der Waals surface area (Å²) in [5.41, 5.74) is 0. The number of aryl methyl sites for hydroxylation is 1. The Kier molecular flexibility index (Phi) is 6.53. The zero-order chi connectivity index (χ0) is 13.3. The second-order valence-electron chi connectivity index (χ2n) is 4.87. The van der Waals surface area contributed by atoms with E-state index in [4.69, 9.17) is 4.74 Å². The highest BCUT2D eigenvalue weighted by Crippen LogP contribution is 2.12. The van der Waals surface area contributed by atoms with Crippen molar-refractivity contribution in [2.45, 2.75) is 45.1 Å². The Balaban J connectivity index is 1.53. The summed E-state index contributed by atoms with van der Waals surface area (Å²) in [6, 6.07) is 0. The molecule has 1 aliphatic heterocycles. The Hall–Kier alpha value is -0.720. The van der Waals surface area contributed by atoms with Gasteiger partial charge in [-0.2, -0.15) is 4.37 Å². The molecule has 1 aromatic rings. The molecule has 108 valence electrons. The SMILES string of the molecule is CCCc1nsc(NCCCOC2CCNCC2)n1. The fourth-order valence-corrected chi connectivity index (χ4v) is 2.77. The third kappa shape index (κ3) is 5.42. The fourth-order valence-electron chi connectivity index (χ4n) is 2.13. The molecule has 0 radical (unpaired) electrons. The van der Waals surface area contributed by atoms with Crippen molar-refractivity contribution < 1.29 is 4.74 Å². The predicted octanol–water partition coefficient (Wildman–Crippen LogP) is 2.06. The summed E-state index contributed by atoms with van der Waals surface area (Å²) in [7, 11) is 0. The van der Waals surface area contributed by atoms with Crippen molar-refractivity contribution in [3.8, 4) is 0 Å². The average molecular weight is 284 g/mol. The third-order valence-corrected chi connectivity index (χ3v) is 3.89. The van der Waals surface area contributed by atoms with E-state index in [0.717, 1.165) is 69.3 Å². The van der Waals surface area contributed by atoms with Gasteiger partial charge in [0, 0.05) is 31.1 Å². The van der Waals surface area contributed by atoms with Gasteiger partial charge in [-0.1, -0.05) is 6.92 Å². The summed E-state index contributed by atoms with van der Waals surface area (Å²) in [4.78, 5) is 4.43. The molecule has 0 aromatic carbocycles. The first kappa shape index (κ1) is 14.7. The molecule has 6 heteroatoms. The Morgan fingerprint density at radius 1 is 1.42 bits per heavy atom. The van der Waals surface area contributed by atoms with Crippen LogP contribution < -0.4 is 10.6 Å². The van der Waals surface area contributed by atoms with Gasteiger partial charge in [-0.05, 0) is 38.8 Å². The maximum Gasteiger partial charge on any atom is 0.202 e. The molecular weight excluding hydrogens is 260 g/mol. The molecule has 0 spiro atoms. The maximum absolute atomic E-state index is 5.85. The van der Waals surface area contributed by atoms with Crippen LogP contribution in [0.3, 0.4) is 0 Å². The lowest BCUT2D eigenvalue weighted by Gasteiger charge is -2.22. The van der Waals surface area contributed by atoms with Crippen LogP contribution in [-0.4, -0.2) is 41.7 Å². The van der Waals surface area contributed by atoms with E-state index in [0.29, 0.717) is 6.10 Å². The lowest BCUT2D eigenvalue weighted by molar-refractivity contribution is 0.0329. The number of aromatic nitrogens is 2. The van der Waals surface area contributed by atoms with Crippen molar-refractivity contribution in [3.05, 3.63) is 5.82 Å². The molecule has 0 aliphatic carbocycles. The molecule has 0 atom stereocenters. The second kappa shape index (κ2) is 8.45. The lowest BCUT2D eigenvalue weighted by atomic mass is 10.1. The first-order valence-corrected chi connectivity index (χ1v) is 8.04. The predicted molar refractivity (Wildman–Crippen MR) is 78.9 cm³/mol. The smallest absolute Gasteiger partial charge is 0.202 e. The van der Waals surface area contributed by atoms with E-state index in [1.165, 1.54) is 11.5 Å². The molecule has 2 N–H and O–H groups in total. The Labute approximate surface area is 119 Å². The number of piperidine rings is 1. The molecule has 1 saturated heterocycles. The minimum absolute atomic E-state index is 0.457. The van der Waals surface area contributed by atoms with Crippen molar-refractivity contribution >= 4 is 16.7 Å². The number of anilines is 1. The molecule has 5 nitrogen and oxygen atoms in total. The van der Waals surface area contributed by atoms with Crippen LogP contribution in [0.5, 0.6) is 0 Å². The van der Waals surface area contributed by atoms with Crippen LogP contribution in [0.15, 0.2) is 0 Å². The van der Waals surface area contributed by atoms with Crippen LogP contribution in [0.25, 0.3) is 0 Å². The topological polar surface area (TPSA) is 59.1 Å². The molecule has 1 aliphatic rings. The van der Waals surface area contributed by atoms with Crippen molar-refractivity contribution in [1.82, 2.24) is 14.7 Å². The van der Waals surface area contributed by atoms with Gasteiger partial charge in [-0.15, -0.1) is 0 Å². The number of nitrogens with one attached hydrogen (secondary N) is 2. The lowest BCUT2D eigenvalue weighted by Crippen LogP contribution is -2.32. The Morgan fingerprint density at radius 3 is 3.05 bits per heavy atom. The van der Waals surface area contributed by atoms with Gasteiger partial charge in [0.25, 0.3) is 0 Å². The van der Waals surface area contributed by atoms with Gasteiger partial charge in [0.1, 0.15) is 5.82 Å². The van der Waals surface area contributed by atoms with Crippen LogP contribution in [0, 0.1) is 0 Å². The first-order chi connectivity index (χ1) is 9.38. The number of hydrogen-bond acceptors (Lipinski definition) is 6. The van der Waals surface area contributed by atoms with Crippen LogP contribution in [0.4, 0.5) is 5.13 Å². The normalized spacial score (nSPS) is 16.7. The van der Waals surface area contributed by atoms with Gasteiger partial charge in [0.2, 0.25) is 5.13 Å². The summed E-state index contributed by atoms with van der Waals surface area (Å²) >= 11 is 1.45. The summed E-state index contributed by atoms with van der Waals surface area (Å²) in [6.07, 6.45) is 5.83. The molecule has 0 amide bonds. The molecule has 1 fully saturated rings. The van der Waals surface area contributed by atoms with Gasteiger partial charge in [0.05, 0.1) is 6.10 Å². The number of rotatable bonds is 8. The highest BCUT2D eigenvalue weighted by Gasteiger charge is 2.12. The van der Waals surface area contributed by atoms with Crippen LogP contribution in [0.1, 0.15) is 38.4 Å². The molecule has 0 unspecified atom stereocenters. The van der Waals surface area contributed by atoms with Crippen molar-refractivity contribution in [1.29, 1.82) is 0 Å². The van der Waals surface area contributed by atoms with Crippen molar-refractivity contribution in [2.24, 2.45) is 0 Å². The number of hydrogen-bond donors (Lipinski definition) is 2.